The van der Waals surface area contributed by atoms with Gasteiger partial charge in [0.15, 0.2) is 5.78 Å². The molecule has 1 N–H and O–H groups in total. The summed E-state index contributed by atoms with van der Waals surface area (Å²) in [4.78, 5) is 18.2. The molecule has 3 aromatic carbocycles. The smallest absolute Gasteiger partial charge is 0.162 e. The third kappa shape index (κ3) is 4.64. The van der Waals surface area contributed by atoms with Crippen LogP contribution in [0.2, 0.25) is 0 Å². The van der Waals surface area contributed by atoms with Crippen molar-refractivity contribution in [2.24, 2.45) is 4.99 Å². The van der Waals surface area contributed by atoms with Gasteiger partial charge < -0.3 is 5.11 Å². The number of aromatic hydroxyl groups is 1. The van der Waals surface area contributed by atoms with Gasteiger partial charge in [-0.05, 0) is 71.5 Å². The van der Waals surface area contributed by atoms with Gasteiger partial charge in [-0.15, -0.1) is 0 Å². The van der Waals surface area contributed by atoms with Gasteiger partial charge in [0.25, 0.3) is 0 Å². The summed E-state index contributed by atoms with van der Waals surface area (Å²) >= 11 is 3.56. The summed E-state index contributed by atoms with van der Waals surface area (Å²) in [5.41, 5.74) is 7.50. The molecule has 4 rings (SSSR count). The van der Waals surface area contributed by atoms with Crippen LogP contribution in [0.3, 0.4) is 0 Å². The average Bonchev–Trinajstić information content (AvgIpc) is 2.90. The number of fused-ring (bicyclic) bond motifs is 1. The molecular formula is C27H26BrNO2. The molecule has 4 heteroatoms. The maximum atomic E-state index is 13.2. The van der Waals surface area contributed by atoms with Gasteiger partial charge in [0.1, 0.15) is 11.8 Å². The predicted octanol–water partition coefficient (Wildman–Crippen LogP) is 5.85. The Bertz CT molecular complexity index is 1150. The predicted molar refractivity (Wildman–Crippen MR) is 129 cm³/mol. The summed E-state index contributed by atoms with van der Waals surface area (Å²) in [5, 5.41) is 9.73. The molecule has 3 nitrogen and oxygen atoms in total. The first-order valence-electron chi connectivity index (χ1n) is 10.8. The van der Waals surface area contributed by atoms with E-state index in [1.165, 1.54) is 11.1 Å². The molecule has 0 amide bonds. The van der Waals surface area contributed by atoms with E-state index in [1.54, 1.807) is 12.1 Å². The zero-order valence-corrected chi connectivity index (χ0v) is 19.4. The number of hydrogen-bond acceptors (Lipinski definition) is 3. The van der Waals surface area contributed by atoms with Crippen LogP contribution in [-0.4, -0.2) is 22.6 Å². The molecule has 1 unspecified atom stereocenters. The Balaban J connectivity index is 1.78. The average molecular weight is 476 g/mol. The lowest BCUT2D eigenvalue weighted by atomic mass is 9.94. The first-order valence-corrected chi connectivity index (χ1v) is 11.6. The fraction of sp³-hybridized carbons (Fsp3) is 0.259. The molecule has 0 fully saturated rings. The topological polar surface area (TPSA) is 49.7 Å². The SMILES string of the molecule is CCc1ccc(CC2N=C(c3ccc(O)cc3)c3cc(Br)ccc3CC2=O)cc1CC. The van der Waals surface area contributed by atoms with E-state index in [0.717, 1.165) is 45.3 Å². The summed E-state index contributed by atoms with van der Waals surface area (Å²) in [6.45, 7) is 4.34. The molecule has 0 saturated carbocycles. The molecule has 0 spiro atoms. The first kappa shape index (κ1) is 21.5. The minimum atomic E-state index is -0.438. The largest absolute Gasteiger partial charge is 0.508 e. The number of carbonyl (C=O) groups excluding carboxylic acids is 1. The van der Waals surface area contributed by atoms with Crippen LogP contribution in [0.4, 0.5) is 0 Å². The Morgan fingerprint density at radius 3 is 2.42 bits per heavy atom. The van der Waals surface area contributed by atoms with Crippen molar-refractivity contribution in [3.63, 3.8) is 0 Å². The van der Waals surface area contributed by atoms with Crippen molar-refractivity contribution in [2.75, 3.05) is 0 Å². The van der Waals surface area contributed by atoms with Crippen molar-refractivity contribution in [1.82, 2.24) is 0 Å². The highest BCUT2D eigenvalue weighted by Crippen LogP contribution is 2.27. The Kier molecular flexibility index (Phi) is 6.38. The second-order valence-electron chi connectivity index (χ2n) is 8.00. The minimum absolute atomic E-state index is 0.134. The number of phenols is 1. The highest BCUT2D eigenvalue weighted by atomic mass is 79.9. The first-order chi connectivity index (χ1) is 15.0. The van der Waals surface area contributed by atoms with Crippen molar-refractivity contribution in [2.45, 2.75) is 45.6 Å². The molecule has 0 aromatic heterocycles. The zero-order valence-electron chi connectivity index (χ0n) is 17.9. The standard InChI is InChI=1S/C27H26BrNO2/c1-3-18-6-5-17(13-19(18)4-2)14-25-26(31)15-21-7-10-22(28)16-24(21)27(29-25)20-8-11-23(30)12-9-20/h5-13,16,25,30H,3-4,14-15H2,1-2H3. The van der Waals surface area contributed by atoms with E-state index in [2.05, 4.69) is 48.0 Å². The van der Waals surface area contributed by atoms with Crippen molar-refractivity contribution in [3.05, 3.63) is 98.5 Å². The van der Waals surface area contributed by atoms with Crippen molar-refractivity contribution in [3.8, 4) is 5.75 Å². The summed E-state index contributed by atoms with van der Waals surface area (Å²) < 4.78 is 0.950. The third-order valence-electron chi connectivity index (χ3n) is 5.95. The highest BCUT2D eigenvalue weighted by Gasteiger charge is 2.26. The number of rotatable bonds is 5. The molecule has 31 heavy (non-hydrogen) atoms. The molecule has 0 aliphatic carbocycles. The number of aryl methyl sites for hydroxylation is 2. The Hall–Kier alpha value is -2.72. The molecule has 1 atom stereocenters. The number of nitrogens with zero attached hydrogens (tertiary/aromatic N) is 1. The number of ketones is 1. The van der Waals surface area contributed by atoms with Gasteiger partial charge in [0, 0.05) is 28.4 Å². The monoisotopic (exact) mass is 475 g/mol. The number of aliphatic imine (C=N–C) groups is 1. The van der Waals surface area contributed by atoms with Gasteiger partial charge in [0.05, 0.1) is 5.71 Å². The van der Waals surface area contributed by atoms with Gasteiger partial charge in [-0.1, -0.05) is 54.0 Å². The molecule has 0 radical (unpaired) electrons. The van der Waals surface area contributed by atoms with Crippen molar-refractivity contribution < 1.29 is 9.90 Å². The van der Waals surface area contributed by atoms with Crippen LogP contribution in [0.15, 0.2) is 70.1 Å². The van der Waals surface area contributed by atoms with Crippen LogP contribution in [0.25, 0.3) is 0 Å². The van der Waals surface area contributed by atoms with Crippen molar-refractivity contribution >= 4 is 27.4 Å². The lowest BCUT2D eigenvalue weighted by Crippen LogP contribution is -2.23. The van der Waals surface area contributed by atoms with Crippen LogP contribution >= 0.6 is 15.9 Å². The van der Waals surface area contributed by atoms with Crippen LogP contribution in [0.1, 0.15) is 47.2 Å². The second-order valence-corrected chi connectivity index (χ2v) is 8.91. The van der Waals surface area contributed by atoms with E-state index < -0.39 is 6.04 Å². The molecule has 1 aliphatic heterocycles. The summed E-state index contributed by atoms with van der Waals surface area (Å²) in [6.07, 6.45) is 2.95. The number of benzene rings is 3. The number of Topliss-reactive ketones (excluding diaryl/α,β-unsaturated/α-hetero) is 1. The molecule has 1 heterocycles. The van der Waals surface area contributed by atoms with Crippen LogP contribution in [0, 0.1) is 0 Å². The number of phenolic OH excluding ortho intramolecular Hbond substituents is 1. The maximum absolute atomic E-state index is 13.2. The number of halogens is 1. The molecule has 0 saturated heterocycles. The highest BCUT2D eigenvalue weighted by molar-refractivity contribution is 9.10. The Labute approximate surface area is 192 Å². The van der Waals surface area contributed by atoms with Gasteiger partial charge in [-0.2, -0.15) is 0 Å². The molecule has 158 valence electrons. The second kappa shape index (κ2) is 9.19. The van der Waals surface area contributed by atoms with Gasteiger partial charge in [-0.3, -0.25) is 9.79 Å². The van der Waals surface area contributed by atoms with Crippen LogP contribution < -0.4 is 0 Å². The fourth-order valence-electron chi connectivity index (χ4n) is 4.24. The van der Waals surface area contributed by atoms with E-state index in [9.17, 15) is 9.90 Å². The van der Waals surface area contributed by atoms with E-state index in [1.807, 2.05) is 30.3 Å². The summed E-state index contributed by atoms with van der Waals surface area (Å²) in [6, 6.07) is 19.2. The van der Waals surface area contributed by atoms with Gasteiger partial charge in [0.2, 0.25) is 0 Å². The van der Waals surface area contributed by atoms with E-state index in [-0.39, 0.29) is 11.5 Å². The van der Waals surface area contributed by atoms with Crippen LogP contribution in [-0.2, 0) is 30.5 Å². The minimum Gasteiger partial charge on any atom is -0.508 e. The van der Waals surface area contributed by atoms with E-state index in [0.29, 0.717) is 12.8 Å². The quantitative estimate of drug-likeness (QED) is 0.502. The summed E-state index contributed by atoms with van der Waals surface area (Å²) in [7, 11) is 0. The zero-order chi connectivity index (χ0) is 22.0. The third-order valence-corrected chi connectivity index (χ3v) is 6.44. The van der Waals surface area contributed by atoms with Gasteiger partial charge >= 0.3 is 0 Å². The van der Waals surface area contributed by atoms with E-state index in [4.69, 9.17) is 4.99 Å². The van der Waals surface area contributed by atoms with E-state index >= 15 is 0 Å². The Morgan fingerprint density at radius 1 is 0.968 bits per heavy atom. The number of carbonyl (C=O) groups is 1. The summed E-state index contributed by atoms with van der Waals surface area (Å²) in [5.74, 6) is 0.346. The normalized spacial score (nSPS) is 15.9. The van der Waals surface area contributed by atoms with Gasteiger partial charge in [-0.25, -0.2) is 0 Å². The molecule has 3 aromatic rings. The molecule has 1 aliphatic rings. The van der Waals surface area contributed by atoms with Crippen LogP contribution in [0.5, 0.6) is 5.75 Å². The maximum Gasteiger partial charge on any atom is 0.162 e. The number of hydrogen-bond donors (Lipinski definition) is 1. The lowest BCUT2D eigenvalue weighted by molar-refractivity contribution is -0.119. The fourth-order valence-corrected chi connectivity index (χ4v) is 4.60. The molecular weight excluding hydrogens is 450 g/mol. The lowest BCUT2D eigenvalue weighted by Gasteiger charge is -2.14. The molecule has 0 bridgehead atoms. The van der Waals surface area contributed by atoms with Crippen molar-refractivity contribution in [1.29, 1.82) is 0 Å². The Morgan fingerprint density at radius 2 is 1.71 bits per heavy atom.